The van der Waals surface area contributed by atoms with Gasteiger partial charge in [0.15, 0.2) is 5.96 Å². The van der Waals surface area contributed by atoms with Crippen molar-refractivity contribution in [3.63, 3.8) is 0 Å². The monoisotopic (exact) mass is 540 g/mol. The number of hydrogen-bond acceptors (Lipinski definition) is 4. The lowest BCUT2D eigenvalue weighted by atomic mass is 10.1. The second-order valence-electron chi connectivity index (χ2n) is 6.93. The number of alkyl halides is 3. The van der Waals surface area contributed by atoms with Crippen molar-refractivity contribution in [1.29, 1.82) is 0 Å². The Hall–Kier alpha value is -2.05. The van der Waals surface area contributed by atoms with Crippen LogP contribution in [0.5, 0.6) is 5.88 Å². The zero-order chi connectivity index (χ0) is 21.6. The molecule has 0 unspecified atom stereocenters. The molecule has 1 N–H and O–H groups in total. The molecule has 0 fully saturated rings. The van der Waals surface area contributed by atoms with Crippen LogP contribution in [0.3, 0.4) is 0 Å². The van der Waals surface area contributed by atoms with Gasteiger partial charge >= 0.3 is 6.18 Å². The molecule has 0 saturated carbocycles. The fourth-order valence-corrected chi connectivity index (χ4v) is 2.83. The molecule has 11 heteroatoms. The van der Waals surface area contributed by atoms with E-state index in [4.69, 9.17) is 4.74 Å². The molecule has 7 nitrogen and oxygen atoms in total. The summed E-state index contributed by atoms with van der Waals surface area (Å²) in [6, 6.07) is 2.16. The summed E-state index contributed by atoms with van der Waals surface area (Å²) in [6.45, 7) is 5.50. The Morgan fingerprint density at radius 2 is 2.03 bits per heavy atom. The van der Waals surface area contributed by atoms with Crippen molar-refractivity contribution in [2.75, 3.05) is 27.2 Å². The molecule has 0 atom stereocenters. The maximum absolute atomic E-state index is 12.5. The van der Waals surface area contributed by atoms with Crippen molar-refractivity contribution in [2.45, 2.75) is 32.5 Å². The van der Waals surface area contributed by atoms with Crippen molar-refractivity contribution in [3.05, 3.63) is 41.3 Å². The number of aliphatic imine (C=N–C) groups is 1. The molecule has 0 aliphatic heterocycles. The van der Waals surface area contributed by atoms with Crippen LogP contribution in [0.25, 0.3) is 0 Å². The molecule has 2 heterocycles. The predicted molar refractivity (Wildman–Crippen MR) is 120 cm³/mol. The lowest BCUT2D eigenvalue weighted by Gasteiger charge is -2.22. The first-order valence-corrected chi connectivity index (χ1v) is 9.22. The summed E-state index contributed by atoms with van der Waals surface area (Å²) < 4.78 is 44.8. The number of halogens is 4. The highest BCUT2D eigenvalue weighted by atomic mass is 127. The fraction of sp³-hybridized carbons (Fsp3) is 0.526. The second-order valence-corrected chi connectivity index (χ2v) is 6.93. The molecule has 0 bridgehead atoms. The fourth-order valence-electron chi connectivity index (χ4n) is 2.83. The van der Waals surface area contributed by atoms with Crippen LogP contribution in [-0.2, 0) is 19.8 Å². The zero-order valence-electron chi connectivity index (χ0n) is 17.7. The Morgan fingerprint density at radius 3 is 2.57 bits per heavy atom. The number of hydrogen-bond donors (Lipinski definition) is 1. The number of rotatable bonds is 7. The first-order chi connectivity index (χ1) is 13.6. The summed E-state index contributed by atoms with van der Waals surface area (Å²) in [5.41, 5.74) is 1.37. The number of aryl methyl sites for hydroxylation is 1. The molecule has 0 radical (unpaired) electrons. The van der Waals surface area contributed by atoms with Gasteiger partial charge in [-0.3, -0.25) is 9.67 Å². The molecule has 2 aromatic heterocycles. The smallest absolute Gasteiger partial charge is 0.417 e. The van der Waals surface area contributed by atoms with Crippen molar-refractivity contribution in [3.8, 4) is 5.88 Å². The largest absolute Gasteiger partial charge is 0.476 e. The van der Waals surface area contributed by atoms with Crippen LogP contribution in [0.1, 0.15) is 36.6 Å². The van der Waals surface area contributed by atoms with E-state index < -0.39 is 11.7 Å². The van der Waals surface area contributed by atoms with Gasteiger partial charge in [0.2, 0.25) is 5.88 Å². The van der Waals surface area contributed by atoms with Gasteiger partial charge in [0.25, 0.3) is 0 Å². The van der Waals surface area contributed by atoms with Gasteiger partial charge in [-0.25, -0.2) is 4.98 Å². The van der Waals surface area contributed by atoms with E-state index in [2.05, 4.69) is 34.2 Å². The maximum atomic E-state index is 12.5. The number of pyridine rings is 1. The highest BCUT2D eigenvalue weighted by Gasteiger charge is 2.30. The zero-order valence-corrected chi connectivity index (χ0v) is 20.0. The molecule has 168 valence electrons. The Labute approximate surface area is 191 Å². The number of nitrogens with zero attached hydrogens (tertiary/aromatic N) is 5. The van der Waals surface area contributed by atoms with Crippen LogP contribution in [0.4, 0.5) is 13.2 Å². The minimum atomic E-state index is -4.41. The third-order valence-electron chi connectivity index (χ3n) is 4.16. The van der Waals surface area contributed by atoms with Crippen LogP contribution in [0.2, 0.25) is 0 Å². The van der Waals surface area contributed by atoms with Crippen molar-refractivity contribution < 1.29 is 17.9 Å². The predicted octanol–water partition coefficient (Wildman–Crippen LogP) is 3.66. The van der Waals surface area contributed by atoms with Gasteiger partial charge in [0, 0.05) is 51.7 Å². The van der Waals surface area contributed by atoms with E-state index in [9.17, 15) is 13.2 Å². The minimum Gasteiger partial charge on any atom is -0.476 e. The van der Waals surface area contributed by atoms with Crippen LogP contribution in [0.15, 0.2) is 29.5 Å². The first-order valence-electron chi connectivity index (χ1n) is 9.22. The van der Waals surface area contributed by atoms with Gasteiger partial charge in [-0.2, -0.15) is 18.3 Å². The highest BCUT2D eigenvalue weighted by molar-refractivity contribution is 14.0. The average molecular weight is 540 g/mol. The van der Waals surface area contributed by atoms with Gasteiger partial charge in [-0.05, 0) is 12.0 Å². The number of ether oxygens (including phenoxy) is 1. The molecule has 0 spiro atoms. The molecule has 0 aromatic carbocycles. The maximum Gasteiger partial charge on any atom is 0.417 e. The van der Waals surface area contributed by atoms with Crippen LogP contribution in [-0.4, -0.2) is 52.9 Å². The van der Waals surface area contributed by atoms with E-state index >= 15 is 0 Å². The molecular formula is C19H28F3IN6O. The van der Waals surface area contributed by atoms with Crippen LogP contribution in [0, 0.1) is 0 Å². The molecule has 0 aliphatic carbocycles. The number of guanidine groups is 1. The molecule has 0 amide bonds. The highest BCUT2D eigenvalue weighted by Crippen LogP contribution is 2.29. The number of aromatic nitrogens is 3. The van der Waals surface area contributed by atoms with E-state index in [1.54, 1.807) is 11.7 Å². The molecule has 2 rings (SSSR count). The molecule has 0 aliphatic rings. The summed E-state index contributed by atoms with van der Waals surface area (Å²) in [6.07, 6.45) is -1.65. The normalized spacial score (nSPS) is 12.0. The van der Waals surface area contributed by atoms with Gasteiger partial charge < -0.3 is 15.0 Å². The summed E-state index contributed by atoms with van der Waals surface area (Å²) in [7, 11) is 5.50. The van der Waals surface area contributed by atoms with E-state index in [1.807, 2.05) is 25.2 Å². The van der Waals surface area contributed by atoms with Gasteiger partial charge in [0.05, 0.1) is 17.8 Å². The molecule has 0 saturated heterocycles. The van der Waals surface area contributed by atoms with Crippen molar-refractivity contribution in [1.82, 2.24) is 25.0 Å². The quantitative estimate of drug-likeness (QED) is 0.252. The Morgan fingerprint density at radius 1 is 1.33 bits per heavy atom. The third kappa shape index (κ3) is 7.33. The lowest BCUT2D eigenvalue weighted by molar-refractivity contribution is -0.137. The summed E-state index contributed by atoms with van der Waals surface area (Å²) in [5.74, 6) is 1.13. The summed E-state index contributed by atoms with van der Waals surface area (Å²) >= 11 is 0. The Balaban J connectivity index is 0.00000450. The topological polar surface area (TPSA) is 67.6 Å². The van der Waals surface area contributed by atoms with Gasteiger partial charge in [0.1, 0.15) is 6.61 Å². The summed E-state index contributed by atoms with van der Waals surface area (Å²) in [5, 5.41) is 7.68. The van der Waals surface area contributed by atoms with Crippen LogP contribution >= 0.6 is 24.0 Å². The van der Waals surface area contributed by atoms with E-state index in [0.29, 0.717) is 25.0 Å². The lowest BCUT2D eigenvalue weighted by Crippen LogP contribution is -2.40. The van der Waals surface area contributed by atoms with Crippen molar-refractivity contribution >= 4 is 29.9 Å². The van der Waals surface area contributed by atoms with E-state index in [1.165, 1.54) is 6.07 Å². The Bertz CT molecular complexity index is 821. The standard InChI is InChI=1S/C19H27F3N6O.HI/c1-13(2)17-14(12-28(5)26-17)11-27(4)18(23-3)24-8-9-29-16-7-6-15(10-25-16)19(20,21)22;/h6-7,10,12-13H,8-9,11H2,1-5H3,(H,23,24);1H. The van der Waals surface area contributed by atoms with Gasteiger partial charge in [-0.15, -0.1) is 24.0 Å². The van der Waals surface area contributed by atoms with Gasteiger partial charge in [-0.1, -0.05) is 13.8 Å². The Kier molecular flexibility index (Phi) is 9.85. The summed E-state index contributed by atoms with van der Waals surface area (Å²) in [4.78, 5) is 9.91. The molecule has 2 aromatic rings. The van der Waals surface area contributed by atoms with Crippen LogP contribution < -0.4 is 10.1 Å². The van der Waals surface area contributed by atoms with Crippen molar-refractivity contribution in [2.24, 2.45) is 12.0 Å². The number of nitrogens with one attached hydrogen (secondary N) is 1. The second kappa shape index (κ2) is 11.4. The molecule has 30 heavy (non-hydrogen) atoms. The first kappa shape index (κ1) is 26.0. The molecular weight excluding hydrogens is 512 g/mol. The average Bonchev–Trinajstić information content (AvgIpc) is 3.01. The minimum absolute atomic E-state index is 0. The third-order valence-corrected chi connectivity index (χ3v) is 4.16. The van der Waals surface area contributed by atoms with E-state index in [-0.39, 0.29) is 36.5 Å². The van der Waals surface area contributed by atoms with E-state index in [0.717, 1.165) is 23.5 Å². The SMILES string of the molecule is CN=C(NCCOc1ccc(C(F)(F)F)cn1)N(C)Cc1cn(C)nc1C(C)C.I.